The fraction of sp³-hybridized carbons (Fsp3) is 0.611. The van der Waals surface area contributed by atoms with Gasteiger partial charge >= 0.3 is 6.01 Å². The lowest BCUT2D eigenvalue weighted by atomic mass is 10.2. The Hall–Kier alpha value is -2.19. The molecule has 1 unspecified atom stereocenters. The molecule has 1 fully saturated rings. The number of anilines is 1. The summed E-state index contributed by atoms with van der Waals surface area (Å²) in [6.07, 6.45) is 7.43. The van der Waals surface area contributed by atoms with Crippen LogP contribution < -0.4 is 15.8 Å². The van der Waals surface area contributed by atoms with Gasteiger partial charge in [0.25, 0.3) is 0 Å². The van der Waals surface area contributed by atoms with Crippen molar-refractivity contribution in [2.75, 3.05) is 31.6 Å². The Morgan fingerprint density at radius 3 is 3.04 bits per heavy atom. The molecule has 1 aliphatic heterocycles. The molecular formula is C18H28N6O2. The van der Waals surface area contributed by atoms with Gasteiger partial charge in [-0.15, -0.1) is 0 Å². The molecule has 8 heteroatoms. The normalized spacial score (nSPS) is 17.3. The van der Waals surface area contributed by atoms with Crippen molar-refractivity contribution in [3.05, 3.63) is 18.0 Å². The molecule has 1 atom stereocenters. The van der Waals surface area contributed by atoms with Gasteiger partial charge in [0.15, 0.2) is 17.0 Å². The zero-order chi connectivity index (χ0) is 18.4. The third-order valence-electron chi connectivity index (χ3n) is 4.25. The molecule has 0 aliphatic carbocycles. The molecule has 0 amide bonds. The predicted molar refractivity (Wildman–Crippen MR) is 101 cm³/mol. The van der Waals surface area contributed by atoms with Crippen molar-refractivity contribution < 1.29 is 9.47 Å². The molecule has 0 aromatic carbocycles. The summed E-state index contributed by atoms with van der Waals surface area (Å²) in [5, 5.41) is 3.31. The van der Waals surface area contributed by atoms with Crippen molar-refractivity contribution in [2.24, 2.45) is 5.73 Å². The van der Waals surface area contributed by atoms with E-state index in [4.69, 9.17) is 15.2 Å². The maximum atomic E-state index is 5.96. The molecule has 1 aliphatic rings. The summed E-state index contributed by atoms with van der Waals surface area (Å²) in [6, 6.07) is 0.520. The van der Waals surface area contributed by atoms with Gasteiger partial charge in [0.05, 0.1) is 6.61 Å². The number of nitrogens with zero attached hydrogens (tertiary/aromatic N) is 4. The molecular weight excluding hydrogens is 332 g/mol. The lowest BCUT2D eigenvalue weighted by molar-refractivity contribution is -0.0342. The van der Waals surface area contributed by atoms with Crippen molar-refractivity contribution in [3.8, 4) is 6.01 Å². The Balaban J connectivity index is 1.95. The number of fused-ring (bicyclic) bond motifs is 1. The van der Waals surface area contributed by atoms with E-state index in [-0.39, 0.29) is 6.23 Å². The van der Waals surface area contributed by atoms with E-state index in [1.165, 1.54) is 5.57 Å². The first-order valence-corrected chi connectivity index (χ1v) is 9.25. The third kappa shape index (κ3) is 4.31. The second-order valence-electron chi connectivity index (χ2n) is 6.63. The van der Waals surface area contributed by atoms with Gasteiger partial charge in [-0.25, -0.2) is 9.97 Å². The zero-order valence-corrected chi connectivity index (χ0v) is 15.6. The van der Waals surface area contributed by atoms with E-state index in [0.29, 0.717) is 37.0 Å². The van der Waals surface area contributed by atoms with E-state index in [0.717, 1.165) is 37.9 Å². The zero-order valence-electron chi connectivity index (χ0n) is 15.6. The fourth-order valence-corrected chi connectivity index (χ4v) is 2.91. The van der Waals surface area contributed by atoms with Crippen LogP contribution in [0.25, 0.3) is 11.2 Å². The van der Waals surface area contributed by atoms with E-state index < -0.39 is 0 Å². The number of nitrogens with one attached hydrogen (secondary N) is 1. The SMILES string of the molecule is CC(C)=CCNc1ncnc2c1nc(OCCCN)n2C1CCCCO1. The number of nitrogens with two attached hydrogens (primary N) is 1. The van der Waals surface area contributed by atoms with Gasteiger partial charge in [0.2, 0.25) is 0 Å². The minimum Gasteiger partial charge on any atom is -0.465 e. The Morgan fingerprint density at radius 1 is 1.42 bits per heavy atom. The molecule has 3 rings (SSSR count). The van der Waals surface area contributed by atoms with Crippen molar-refractivity contribution in [1.82, 2.24) is 19.5 Å². The highest BCUT2D eigenvalue weighted by Crippen LogP contribution is 2.32. The Bertz CT molecular complexity index is 747. The second-order valence-corrected chi connectivity index (χ2v) is 6.63. The summed E-state index contributed by atoms with van der Waals surface area (Å²) in [6.45, 7) is 6.65. The molecule has 3 N–H and O–H groups in total. The first kappa shape index (κ1) is 18.6. The van der Waals surface area contributed by atoms with Crippen LogP contribution in [-0.4, -0.2) is 45.8 Å². The Morgan fingerprint density at radius 2 is 2.31 bits per heavy atom. The molecule has 3 heterocycles. The highest BCUT2D eigenvalue weighted by Gasteiger charge is 2.25. The third-order valence-corrected chi connectivity index (χ3v) is 4.25. The lowest BCUT2D eigenvalue weighted by Gasteiger charge is -2.25. The predicted octanol–water partition coefficient (Wildman–Crippen LogP) is 2.63. The number of allylic oxidation sites excluding steroid dienone is 1. The summed E-state index contributed by atoms with van der Waals surface area (Å²) in [5.74, 6) is 0.700. The largest absolute Gasteiger partial charge is 0.465 e. The van der Waals surface area contributed by atoms with Gasteiger partial charge in [0.1, 0.15) is 12.6 Å². The first-order valence-electron chi connectivity index (χ1n) is 9.25. The van der Waals surface area contributed by atoms with Crippen LogP contribution in [0.2, 0.25) is 0 Å². The molecule has 26 heavy (non-hydrogen) atoms. The van der Waals surface area contributed by atoms with Crippen molar-refractivity contribution >= 4 is 17.0 Å². The van der Waals surface area contributed by atoms with Crippen LogP contribution in [0.15, 0.2) is 18.0 Å². The fourth-order valence-electron chi connectivity index (χ4n) is 2.91. The van der Waals surface area contributed by atoms with Crippen molar-refractivity contribution in [2.45, 2.75) is 45.8 Å². The van der Waals surface area contributed by atoms with Gasteiger partial charge in [-0.2, -0.15) is 4.98 Å². The average Bonchev–Trinajstić information content (AvgIpc) is 3.01. The maximum absolute atomic E-state index is 5.96. The average molecular weight is 360 g/mol. The topological polar surface area (TPSA) is 100 Å². The van der Waals surface area contributed by atoms with Gasteiger partial charge in [0, 0.05) is 13.2 Å². The van der Waals surface area contributed by atoms with Crippen LogP contribution in [0, 0.1) is 0 Å². The van der Waals surface area contributed by atoms with Gasteiger partial charge < -0.3 is 20.5 Å². The van der Waals surface area contributed by atoms with Gasteiger partial charge in [-0.3, -0.25) is 4.57 Å². The van der Waals surface area contributed by atoms with Crippen molar-refractivity contribution in [3.63, 3.8) is 0 Å². The first-order chi connectivity index (χ1) is 12.7. The lowest BCUT2D eigenvalue weighted by Crippen LogP contribution is -2.20. The number of rotatable bonds is 8. The van der Waals surface area contributed by atoms with Gasteiger partial charge in [-0.1, -0.05) is 11.6 Å². The van der Waals surface area contributed by atoms with Crippen LogP contribution in [0.1, 0.15) is 45.8 Å². The van der Waals surface area contributed by atoms with E-state index in [2.05, 4.69) is 40.2 Å². The van der Waals surface area contributed by atoms with E-state index in [1.807, 2.05) is 4.57 Å². The second kappa shape index (κ2) is 8.95. The molecule has 0 radical (unpaired) electrons. The van der Waals surface area contributed by atoms with Crippen LogP contribution >= 0.6 is 0 Å². The van der Waals surface area contributed by atoms with Crippen LogP contribution in [-0.2, 0) is 4.74 Å². The molecule has 8 nitrogen and oxygen atoms in total. The number of hydrogen-bond acceptors (Lipinski definition) is 7. The monoisotopic (exact) mass is 360 g/mol. The minimum absolute atomic E-state index is 0.109. The summed E-state index contributed by atoms with van der Waals surface area (Å²) in [4.78, 5) is 13.5. The smallest absolute Gasteiger partial charge is 0.300 e. The Labute approximate surface area is 153 Å². The molecule has 0 bridgehead atoms. The van der Waals surface area contributed by atoms with Crippen LogP contribution in [0.3, 0.4) is 0 Å². The van der Waals surface area contributed by atoms with E-state index >= 15 is 0 Å². The maximum Gasteiger partial charge on any atom is 0.300 e. The highest BCUT2D eigenvalue weighted by atomic mass is 16.5. The van der Waals surface area contributed by atoms with Crippen LogP contribution in [0.4, 0.5) is 5.82 Å². The summed E-state index contributed by atoms with van der Waals surface area (Å²) in [5.41, 5.74) is 8.26. The standard InChI is InChI=1S/C18H28N6O2/c1-13(2)7-9-20-16-15-17(22-12-21-16)24(14-6-3-4-10-25-14)18(23-15)26-11-5-8-19/h7,12,14H,3-6,8-11,19H2,1-2H3,(H,20,21,22). The van der Waals surface area contributed by atoms with Crippen molar-refractivity contribution in [1.29, 1.82) is 0 Å². The number of aromatic nitrogens is 4. The molecule has 0 spiro atoms. The molecule has 1 saturated heterocycles. The Kier molecular flexibility index (Phi) is 6.40. The molecule has 142 valence electrons. The highest BCUT2D eigenvalue weighted by molar-refractivity contribution is 5.84. The van der Waals surface area contributed by atoms with Crippen LogP contribution in [0.5, 0.6) is 6.01 Å². The van der Waals surface area contributed by atoms with E-state index in [9.17, 15) is 0 Å². The molecule has 2 aromatic rings. The quantitative estimate of drug-likeness (QED) is 0.551. The summed E-state index contributed by atoms with van der Waals surface area (Å²) < 4.78 is 13.8. The van der Waals surface area contributed by atoms with E-state index in [1.54, 1.807) is 6.33 Å². The molecule has 0 saturated carbocycles. The van der Waals surface area contributed by atoms with Gasteiger partial charge in [-0.05, 0) is 46.1 Å². The summed E-state index contributed by atoms with van der Waals surface area (Å²) in [7, 11) is 0. The number of imidazole rings is 1. The molecule has 2 aromatic heterocycles. The number of hydrogen-bond donors (Lipinski definition) is 2. The summed E-state index contributed by atoms with van der Waals surface area (Å²) >= 11 is 0. The number of ether oxygens (including phenoxy) is 2. The minimum atomic E-state index is -0.109.